The van der Waals surface area contributed by atoms with Crippen LogP contribution in [-0.4, -0.2) is 29.8 Å². The maximum absolute atomic E-state index is 9.64. The minimum absolute atomic E-state index is 0.191. The van der Waals surface area contributed by atoms with E-state index < -0.39 is 0 Å². The van der Waals surface area contributed by atoms with Crippen molar-refractivity contribution in [1.82, 2.24) is 5.32 Å². The molecule has 0 radical (unpaired) electrons. The number of rotatable bonds is 6. The Morgan fingerprint density at radius 1 is 1.41 bits per heavy atom. The van der Waals surface area contributed by atoms with Gasteiger partial charge < -0.3 is 15.2 Å². The summed E-state index contributed by atoms with van der Waals surface area (Å²) in [6, 6.07) is 5.47. The molecule has 3 nitrogen and oxygen atoms in total. The second-order valence-corrected chi connectivity index (χ2v) is 6.09. The van der Waals surface area contributed by atoms with Gasteiger partial charge in [-0.3, -0.25) is 0 Å². The predicted molar refractivity (Wildman–Crippen MR) is 74.0 cm³/mol. The van der Waals surface area contributed by atoms with Crippen LogP contribution in [0.2, 0.25) is 0 Å². The van der Waals surface area contributed by atoms with Crippen LogP contribution in [0.15, 0.2) is 18.2 Å². The molecular formula is C13H21NO2S. The van der Waals surface area contributed by atoms with Gasteiger partial charge in [-0.2, -0.15) is 11.8 Å². The maximum atomic E-state index is 9.64. The first kappa shape index (κ1) is 14.2. The van der Waals surface area contributed by atoms with Crippen molar-refractivity contribution in [2.45, 2.75) is 25.1 Å². The van der Waals surface area contributed by atoms with Gasteiger partial charge in [0.25, 0.3) is 0 Å². The number of phenols is 1. The number of thioether (sulfide) groups is 1. The standard InChI is InChI=1S/C13H21NO2S/c1-13(2,17-4)9-14-8-10-5-6-12(16-3)11(15)7-10/h5-7,14-15H,8-9H2,1-4H3. The number of phenolic OH excluding ortho intramolecular Hbond substituents is 1. The summed E-state index contributed by atoms with van der Waals surface area (Å²) < 4.78 is 5.23. The zero-order chi connectivity index (χ0) is 12.9. The Labute approximate surface area is 108 Å². The molecule has 0 aliphatic carbocycles. The number of methoxy groups -OCH3 is 1. The van der Waals surface area contributed by atoms with Crippen LogP contribution < -0.4 is 10.1 Å². The number of aromatic hydroxyl groups is 1. The number of hydrogen-bond acceptors (Lipinski definition) is 4. The molecule has 0 atom stereocenters. The maximum Gasteiger partial charge on any atom is 0.160 e. The van der Waals surface area contributed by atoms with Gasteiger partial charge in [0.1, 0.15) is 0 Å². The molecule has 1 aromatic rings. The summed E-state index contributed by atoms with van der Waals surface area (Å²) in [6.45, 7) is 6.09. The van der Waals surface area contributed by atoms with E-state index in [9.17, 15) is 5.11 Å². The van der Waals surface area contributed by atoms with E-state index in [0.717, 1.165) is 18.7 Å². The van der Waals surface area contributed by atoms with Crippen molar-refractivity contribution in [3.8, 4) is 11.5 Å². The zero-order valence-electron chi connectivity index (χ0n) is 10.9. The van der Waals surface area contributed by atoms with Gasteiger partial charge in [0.2, 0.25) is 0 Å². The van der Waals surface area contributed by atoms with Crippen molar-refractivity contribution >= 4 is 11.8 Å². The highest BCUT2D eigenvalue weighted by molar-refractivity contribution is 7.99. The predicted octanol–water partition coefficient (Wildman–Crippen LogP) is 2.63. The molecule has 0 heterocycles. The van der Waals surface area contributed by atoms with E-state index in [4.69, 9.17) is 4.74 Å². The lowest BCUT2D eigenvalue weighted by atomic mass is 10.1. The fraction of sp³-hybridized carbons (Fsp3) is 0.538. The van der Waals surface area contributed by atoms with Crippen LogP contribution in [0.25, 0.3) is 0 Å². The van der Waals surface area contributed by atoms with E-state index in [0.29, 0.717) is 5.75 Å². The highest BCUT2D eigenvalue weighted by atomic mass is 32.2. The molecule has 0 unspecified atom stereocenters. The van der Waals surface area contributed by atoms with Gasteiger partial charge in [-0.15, -0.1) is 0 Å². The van der Waals surface area contributed by atoms with Gasteiger partial charge in [0, 0.05) is 17.8 Å². The van der Waals surface area contributed by atoms with Crippen LogP contribution in [-0.2, 0) is 6.54 Å². The summed E-state index contributed by atoms with van der Waals surface area (Å²) in [4.78, 5) is 0. The SMILES string of the molecule is COc1ccc(CNCC(C)(C)SC)cc1O. The number of benzene rings is 1. The van der Waals surface area contributed by atoms with Crippen LogP contribution in [0.5, 0.6) is 11.5 Å². The molecule has 0 amide bonds. The Balaban J connectivity index is 2.50. The van der Waals surface area contributed by atoms with Crippen molar-refractivity contribution in [2.75, 3.05) is 19.9 Å². The van der Waals surface area contributed by atoms with Gasteiger partial charge in [-0.05, 0) is 37.8 Å². The molecule has 0 aliphatic heterocycles. The van der Waals surface area contributed by atoms with Crippen molar-refractivity contribution < 1.29 is 9.84 Å². The first-order valence-corrected chi connectivity index (χ1v) is 6.83. The molecule has 0 spiro atoms. The minimum Gasteiger partial charge on any atom is -0.504 e. The first-order valence-electron chi connectivity index (χ1n) is 5.60. The van der Waals surface area contributed by atoms with Gasteiger partial charge in [0.15, 0.2) is 11.5 Å². The summed E-state index contributed by atoms with van der Waals surface area (Å²) in [5, 5.41) is 13.0. The van der Waals surface area contributed by atoms with Crippen molar-refractivity contribution in [1.29, 1.82) is 0 Å². The van der Waals surface area contributed by atoms with Crippen molar-refractivity contribution in [3.63, 3.8) is 0 Å². The quantitative estimate of drug-likeness (QED) is 0.820. The third-order valence-electron chi connectivity index (χ3n) is 2.68. The summed E-state index contributed by atoms with van der Waals surface area (Å²) in [5.41, 5.74) is 1.06. The second kappa shape index (κ2) is 6.17. The van der Waals surface area contributed by atoms with E-state index in [1.54, 1.807) is 19.2 Å². The lowest BCUT2D eigenvalue weighted by Crippen LogP contribution is -2.31. The number of nitrogens with one attached hydrogen (secondary N) is 1. The van der Waals surface area contributed by atoms with Crippen LogP contribution in [0.3, 0.4) is 0 Å². The lowest BCUT2D eigenvalue weighted by molar-refractivity contribution is 0.373. The van der Waals surface area contributed by atoms with Gasteiger partial charge in [0.05, 0.1) is 7.11 Å². The fourth-order valence-electron chi connectivity index (χ4n) is 1.43. The molecule has 96 valence electrons. The summed E-state index contributed by atoms with van der Waals surface area (Å²) in [5.74, 6) is 0.703. The molecule has 1 aromatic carbocycles. The molecule has 0 aromatic heterocycles. The van der Waals surface area contributed by atoms with E-state index in [-0.39, 0.29) is 10.5 Å². The molecule has 0 saturated heterocycles. The summed E-state index contributed by atoms with van der Waals surface area (Å²) in [7, 11) is 1.55. The van der Waals surface area contributed by atoms with Gasteiger partial charge in [-0.25, -0.2) is 0 Å². The van der Waals surface area contributed by atoms with Crippen LogP contribution >= 0.6 is 11.8 Å². The Hall–Kier alpha value is -0.870. The molecule has 17 heavy (non-hydrogen) atoms. The molecule has 0 bridgehead atoms. The molecule has 0 saturated carbocycles. The normalized spacial score (nSPS) is 11.5. The highest BCUT2D eigenvalue weighted by Gasteiger charge is 2.14. The monoisotopic (exact) mass is 255 g/mol. The minimum atomic E-state index is 0.191. The van der Waals surface area contributed by atoms with Crippen molar-refractivity contribution in [3.05, 3.63) is 23.8 Å². The van der Waals surface area contributed by atoms with Crippen LogP contribution in [0, 0.1) is 0 Å². The molecule has 2 N–H and O–H groups in total. The number of ether oxygens (including phenoxy) is 1. The lowest BCUT2D eigenvalue weighted by Gasteiger charge is -2.22. The highest BCUT2D eigenvalue weighted by Crippen LogP contribution is 2.26. The fourth-order valence-corrected chi connectivity index (χ4v) is 1.67. The molecule has 0 aliphatic rings. The molecule has 1 rings (SSSR count). The molecular weight excluding hydrogens is 234 g/mol. The third kappa shape index (κ3) is 4.48. The molecule has 4 heteroatoms. The van der Waals surface area contributed by atoms with Gasteiger partial charge in [-0.1, -0.05) is 6.07 Å². The average Bonchev–Trinajstić information content (AvgIpc) is 2.29. The Morgan fingerprint density at radius 3 is 2.65 bits per heavy atom. The van der Waals surface area contributed by atoms with E-state index in [1.165, 1.54) is 0 Å². The topological polar surface area (TPSA) is 41.5 Å². The van der Waals surface area contributed by atoms with Gasteiger partial charge >= 0.3 is 0 Å². The largest absolute Gasteiger partial charge is 0.504 e. The smallest absolute Gasteiger partial charge is 0.160 e. The summed E-state index contributed by atoms with van der Waals surface area (Å²) >= 11 is 1.84. The molecule has 0 fully saturated rings. The van der Waals surface area contributed by atoms with E-state index in [1.807, 2.05) is 17.8 Å². The average molecular weight is 255 g/mol. The zero-order valence-corrected chi connectivity index (χ0v) is 11.7. The van der Waals surface area contributed by atoms with Crippen LogP contribution in [0.1, 0.15) is 19.4 Å². The summed E-state index contributed by atoms with van der Waals surface area (Å²) in [6.07, 6.45) is 2.11. The Bertz CT molecular complexity index is 366. The first-order chi connectivity index (χ1) is 7.98. The van der Waals surface area contributed by atoms with E-state index >= 15 is 0 Å². The van der Waals surface area contributed by atoms with E-state index in [2.05, 4.69) is 25.4 Å². The Kier molecular flexibility index (Phi) is 5.15. The Morgan fingerprint density at radius 2 is 2.12 bits per heavy atom. The third-order valence-corrected chi connectivity index (χ3v) is 3.93. The van der Waals surface area contributed by atoms with Crippen LogP contribution in [0.4, 0.5) is 0 Å². The van der Waals surface area contributed by atoms with Crippen molar-refractivity contribution in [2.24, 2.45) is 0 Å². The second-order valence-electron chi connectivity index (χ2n) is 4.57. The number of hydrogen-bond donors (Lipinski definition) is 2.